The van der Waals surface area contributed by atoms with Crippen molar-refractivity contribution < 1.29 is 14.3 Å². The van der Waals surface area contributed by atoms with Crippen molar-refractivity contribution in [2.24, 2.45) is 0 Å². The number of rotatable bonds is 4. The lowest BCUT2D eigenvalue weighted by atomic mass is 10.1. The van der Waals surface area contributed by atoms with Gasteiger partial charge in [0.1, 0.15) is 0 Å². The number of hydrogen-bond acceptors (Lipinski definition) is 3. The van der Waals surface area contributed by atoms with Crippen molar-refractivity contribution in [2.45, 2.75) is 6.92 Å². The Kier molecular flexibility index (Phi) is 4.01. The van der Waals surface area contributed by atoms with Crippen LogP contribution in [0, 0.1) is 0 Å². The standard InChI is InChI=1S/C22H17NO3/c1-2-26-22(25)21(24)18-13-8-12-17-16-11-6-7-14-19(16)23(20(17)18)15-9-4-3-5-10-15/h3-14H,2H2,1H3. The molecule has 1 heterocycles. The lowest BCUT2D eigenvalue weighted by Gasteiger charge is -2.10. The van der Waals surface area contributed by atoms with Crippen LogP contribution >= 0.6 is 0 Å². The van der Waals surface area contributed by atoms with Crippen molar-refractivity contribution in [1.82, 2.24) is 4.57 Å². The molecule has 0 fully saturated rings. The quantitative estimate of drug-likeness (QED) is 0.311. The average Bonchev–Trinajstić information content (AvgIpc) is 3.03. The van der Waals surface area contributed by atoms with Crippen LogP contribution in [-0.4, -0.2) is 22.9 Å². The molecule has 4 nitrogen and oxygen atoms in total. The molecule has 3 aromatic carbocycles. The first kappa shape index (κ1) is 16.1. The van der Waals surface area contributed by atoms with Crippen LogP contribution in [0.1, 0.15) is 17.3 Å². The maximum absolute atomic E-state index is 12.7. The van der Waals surface area contributed by atoms with E-state index in [4.69, 9.17) is 4.74 Å². The normalized spacial score (nSPS) is 11.0. The Morgan fingerprint density at radius 2 is 1.54 bits per heavy atom. The molecular formula is C22H17NO3. The lowest BCUT2D eigenvalue weighted by Crippen LogP contribution is -2.18. The first-order chi connectivity index (χ1) is 12.7. The van der Waals surface area contributed by atoms with E-state index in [-0.39, 0.29) is 6.61 Å². The monoisotopic (exact) mass is 343 g/mol. The molecule has 0 atom stereocenters. The van der Waals surface area contributed by atoms with E-state index in [1.807, 2.05) is 65.2 Å². The number of hydrogen-bond donors (Lipinski definition) is 0. The molecule has 128 valence electrons. The van der Waals surface area contributed by atoms with Crippen molar-refractivity contribution in [3.8, 4) is 5.69 Å². The summed E-state index contributed by atoms with van der Waals surface area (Å²) in [7, 11) is 0. The molecule has 0 bridgehead atoms. The number of Topliss-reactive ketones (excluding diaryl/α,β-unsaturated/α-hetero) is 1. The summed E-state index contributed by atoms with van der Waals surface area (Å²) in [6, 6.07) is 23.2. The van der Waals surface area contributed by atoms with Crippen molar-refractivity contribution in [3.63, 3.8) is 0 Å². The van der Waals surface area contributed by atoms with Gasteiger partial charge < -0.3 is 9.30 Å². The molecule has 0 aliphatic rings. The van der Waals surface area contributed by atoms with Gasteiger partial charge in [0.15, 0.2) is 0 Å². The van der Waals surface area contributed by atoms with E-state index in [9.17, 15) is 9.59 Å². The SMILES string of the molecule is CCOC(=O)C(=O)c1cccc2c3ccccc3n(-c3ccccc3)c12. The number of carbonyl (C=O) groups excluding carboxylic acids is 2. The molecule has 0 unspecified atom stereocenters. The van der Waals surface area contributed by atoms with Crippen LogP contribution in [0.15, 0.2) is 72.8 Å². The van der Waals surface area contributed by atoms with Crippen LogP contribution in [0.2, 0.25) is 0 Å². The van der Waals surface area contributed by atoms with Crippen molar-refractivity contribution in [3.05, 3.63) is 78.4 Å². The third-order valence-corrected chi connectivity index (χ3v) is 4.41. The van der Waals surface area contributed by atoms with Gasteiger partial charge in [-0.2, -0.15) is 0 Å². The second-order valence-corrected chi connectivity index (χ2v) is 5.94. The van der Waals surface area contributed by atoms with Gasteiger partial charge in [0, 0.05) is 16.5 Å². The Balaban J connectivity index is 2.10. The number of benzene rings is 3. The van der Waals surface area contributed by atoms with Crippen molar-refractivity contribution >= 4 is 33.6 Å². The van der Waals surface area contributed by atoms with Gasteiger partial charge in [-0.3, -0.25) is 4.79 Å². The Hall–Kier alpha value is -3.40. The second-order valence-electron chi connectivity index (χ2n) is 5.94. The zero-order valence-electron chi connectivity index (χ0n) is 14.3. The maximum atomic E-state index is 12.7. The second kappa shape index (κ2) is 6.48. The lowest BCUT2D eigenvalue weighted by molar-refractivity contribution is -0.137. The number of nitrogens with zero attached hydrogens (tertiary/aromatic N) is 1. The highest BCUT2D eigenvalue weighted by Crippen LogP contribution is 2.34. The zero-order valence-corrected chi connectivity index (χ0v) is 14.3. The van der Waals surface area contributed by atoms with E-state index in [0.29, 0.717) is 5.56 Å². The Morgan fingerprint density at radius 3 is 2.31 bits per heavy atom. The Morgan fingerprint density at radius 1 is 0.846 bits per heavy atom. The maximum Gasteiger partial charge on any atom is 0.379 e. The summed E-state index contributed by atoms with van der Waals surface area (Å²) in [5.74, 6) is -1.46. The number of aromatic nitrogens is 1. The Bertz CT molecular complexity index is 1130. The largest absolute Gasteiger partial charge is 0.460 e. The van der Waals surface area contributed by atoms with Gasteiger partial charge >= 0.3 is 5.97 Å². The summed E-state index contributed by atoms with van der Waals surface area (Å²) in [4.78, 5) is 24.8. The fraction of sp³-hybridized carbons (Fsp3) is 0.0909. The van der Waals surface area contributed by atoms with Crippen LogP contribution in [0.5, 0.6) is 0 Å². The van der Waals surface area contributed by atoms with Gasteiger partial charge in [-0.25, -0.2) is 4.79 Å². The summed E-state index contributed by atoms with van der Waals surface area (Å²) in [5, 5.41) is 1.96. The van der Waals surface area contributed by atoms with Crippen LogP contribution in [0.25, 0.3) is 27.5 Å². The van der Waals surface area contributed by atoms with Gasteiger partial charge in [0.2, 0.25) is 0 Å². The van der Waals surface area contributed by atoms with E-state index in [0.717, 1.165) is 27.5 Å². The third-order valence-electron chi connectivity index (χ3n) is 4.41. The van der Waals surface area contributed by atoms with Crippen LogP contribution in [0.3, 0.4) is 0 Å². The first-order valence-corrected chi connectivity index (χ1v) is 8.51. The minimum Gasteiger partial charge on any atom is -0.460 e. The molecule has 0 N–H and O–H groups in total. The topological polar surface area (TPSA) is 48.3 Å². The predicted molar refractivity (Wildman–Crippen MR) is 102 cm³/mol. The summed E-state index contributed by atoms with van der Waals surface area (Å²) >= 11 is 0. The Labute approximate surface area is 150 Å². The molecule has 0 saturated carbocycles. The molecule has 1 aromatic heterocycles. The van der Waals surface area contributed by atoms with Gasteiger partial charge in [-0.1, -0.05) is 48.5 Å². The molecular weight excluding hydrogens is 326 g/mol. The van der Waals surface area contributed by atoms with Gasteiger partial charge in [0.05, 0.1) is 23.2 Å². The highest BCUT2D eigenvalue weighted by Gasteiger charge is 2.24. The van der Waals surface area contributed by atoms with E-state index >= 15 is 0 Å². The molecule has 0 saturated heterocycles. The van der Waals surface area contributed by atoms with Gasteiger partial charge in [-0.05, 0) is 31.2 Å². The highest BCUT2D eigenvalue weighted by atomic mass is 16.5. The molecule has 0 aliphatic heterocycles. The zero-order chi connectivity index (χ0) is 18.1. The molecule has 4 rings (SSSR count). The molecule has 0 amide bonds. The van der Waals surface area contributed by atoms with Crippen LogP contribution in [-0.2, 0) is 9.53 Å². The van der Waals surface area contributed by atoms with Crippen LogP contribution < -0.4 is 0 Å². The van der Waals surface area contributed by atoms with Crippen molar-refractivity contribution in [1.29, 1.82) is 0 Å². The van der Waals surface area contributed by atoms with Crippen molar-refractivity contribution in [2.75, 3.05) is 6.61 Å². The molecule has 4 heteroatoms. The molecule has 26 heavy (non-hydrogen) atoms. The highest BCUT2D eigenvalue weighted by molar-refractivity contribution is 6.43. The number of para-hydroxylation sites is 3. The summed E-state index contributed by atoms with van der Waals surface area (Å²) < 4.78 is 6.95. The summed E-state index contributed by atoms with van der Waals surface area (Å²) in [6.07, 6.45) is 0. The summed E-state index contributed by atoms with van der Waals surface area (Å²) in [5.41, 5.74) is 2.99. The summed E-state index contributed by atoms with van der Waals surface area (Å²) in [6.45, 7) is 1.86. The number of fused-ring (bicyclic) bond motifs is 3. The third kappa shape index (κ3) is 2.47. The van der Waals surface area contributed by atoms with Gasteiger partial charge in [0.25, 0.3) is 5.78 Å². The first-order valence-electron chi connectivity index (χ1n) is 8.51. The van der Waals surface area contributed by atoms with E-state index in [1.165, 1.54) is 0 Å². The fourth-order valence-corrected chi connectivity index (χ4v) is 3.35. The number of esters is 1. The number of carbonyl (C=O) groups is 2. The van der Waals surface area contributed by atoms with E-state index in [2.05, 4.69) is 0 Å². The number of ketones is 1. The molecule has 0 radical (unpaired) electrons. The molecule has 0 spiro atoms. The van der Waals surface area contributed by atoms with E-state index < -0.39 is 11.8 Å². The molecule has 0 aliphatic carbocycles. The minimum atomic E-state index is -0.829. The number of ether oxygens (including phenoxy) is 1. The fourth-order valence-electron chi connectivity index (χ4n) is 3.35. The smallest absolute Gasteiger partial charge is 0.379 e. The predicted octanol–water partition coefficient (Wildman–Crippen LogP) is 4.53. The average molecular weight is 343 g/mol. The van der Waals surface area contributed by atoms with Gasteiger partial charge in [-0.15, -0.1) is 0 Å². The van der Waals surface area contributed by atoms with E-state index in [1.54, 1.807) is 19.1 Å². The minimum absolute atomic E-state index is 0.169. The molecule has 4 aromatic rings. The van der Waals surface area contributed by atoms with Crippen LogP contribution in [0.4, 0.5) is 0 Å².